The van der Waals surface area contributed by atoms with Gasteiger partial charge in [-0.3, -0.25) is 19.1 Å². The lowest BCUT2D eigenvalue weighted by Crippen LogP contribution is -2.27. The number of hydrogen-bond acceptors (Lipinski definition) is 5. The lowest BCUT2D eigenvalue weighted by atomic mass is 10.1. The van der Waals surface area contributed by atoms with E-state index in [1.807, 2.05) is 6.07 Å². The number of nitriles is 1. The van der Waals surface area contributed by atoms with E-state index in [1.165, 1.54) is 10.6 Å². The van der Waals surface area contributed by atoms with Crippen LogP contribution in [0.2, 0.25) is 0 Å². The van der Waals surface area contributed by atoms with E-state index in [-0.39, 0.29) is 17.9 Å². The van der Waals surface area contributed by atoms with E-state index in [0.29, 0.717) is 22.6 Å². The molecule has 0 N–H and O–H groups in total. The molecule has 6 heteroatoms. The van der Waals surface area contributed by atoms with Crippen molar-refractivity contribution >= 4 is 5.78 Å². The average molecular weight is 345 g/mol. The smallest absolute Gasteiger partial charge is 0.269 e. The number of benzene rings is 1. The number of rotatable bonds is 5. The highest BCUT2D eigenvalue weighted by atomic mass is 16.5. The molecule has 0 saturated carbocycles. The molecule has 0 aliphatic carbocycles. The summed E-state index contributed by atoms with van der Waals surface area (Å²) >= 11 is 0. The molecule has 0 saturated heterocycles. The van der Waals surface area contributed by atoms with Gasteiger partial charge in [0.05, 0.1) is 19.3 Å². The van der Waals surface area contributed by atoms with E-state index >= 15 is 0 Å². The van der Waals surface area contributed by atoms with Crippen LogP contribution >= 0.6 is 0 Å². The minimum atomic E-state index is -0.504. The summed E-state index contributed by atoms with van der Waals surface area (Å²) in [6.45, 7) is -0.176. The van der Waals surface area contributed by atoms with E-state index in [4.69, 9.17) is 10.00 Å². The van der Waals surface area contributed by atoms with E-state index in [0.717, 1.165) is 0 Å². The SMILES string of the molecule is COc1ccc(C(=O)Cn2c(-c3cccnc3)ccc(C#N)c2=O)cc1. The lowest BCUT2D eigenvalue weighted by Gasteiger charge is -2.13. The van der Waals surface area contributed by atoms with E-state index in [9.17, 15) is 9.59 Å². The average Bonchev–Trinajstić information content (AvgIpc) is 2.70. The summed E-state index contributed by atoms with van der Waals surface area (Å²) in [6, 6.07) is 15.2. The molecule has 0 aliphatic rings. The molecule has 0 atom stereocenters. The Bertz CT molecular complexity index is 1030. The first-order valence-electron chi connectivity index (χ1n) is 7.85. The Morgan fingerprint density at radius 3 is 2.58 bits per heavy atom. The minimum absolute atomic E-state index is 0.0137. The number of Topliss-reactive ketones (excluding diaryl/α,β-unsaturated/α-hetero) is 1. The molecule has 1 aromatic carbocycles. The maximum Gasteiger partial charge on any atom is 0.269 e. The summed E-state index contributed by atoms with van der Waals surface area (Å²) in [5.74, 6) is 0.399. The van der Waals surface area contributed by atoms with Gasteiger partial charge in [0.2, 0.25) is 0 Å². The molecule has 2 heterocycles. The van der Waals surface area contributed by atoms with Gasteiger partial charge < -0.3 is 4.74 Å². The molecule has 6 nitrogen and oxygen atoms in total. The second-order valence-corrected chi connectivity index (χ2v) is 5.53. The second-order valence-electron chi connectivity index (χ2n) is 5.53. The van der Waals surface area contributed by atoms with Crippen molar-refractivity contribution in [2.45, 2.75) is 6.54 Å². The van der Waals surface area contributed by atoms with Crippen molar-refractivity contribution in [1.82, 2.24) is 9.55 Å². The quantitative estimate of drug-likeness (QED) is 0.664. The van der Waals surface area contributed by atoms with Crippen molar-refractivity contribution in [3.05, 3.63) is 82.4 Å². The molecular formula is C20H15N3O3. The predicted molar refractivity (Wildman–Crippen MR) is 96.0 cm³/mol. The number of pyridine rings is 2. The number of nitrogens with zero attached hydrogens (tertiary/aromatic N) is 3. The van der Waals surface area contributed by atoms with Crippen LogP contribution in [0.5, 0.6) is 5.75 Å². The van der Waals surface area contributed by atoms with Crippen LogP contribution in [0.1, 0.15) is 15.9 Å². The third-order valence-corrected chi connectivity index (χ3v) is 3.97. The zero-order chi connectivity index (χ0) is 18.5. The molecule has 26 heavy (non-hydrogen) atoms. The lowest BCUT2D eigenvalue weighted by molar-refractivity contribution is 0.0971. The third kappa shape index (κ3) is 3.37. The molecule has 0 bridgehead atoms. The van der Waals surface area contributed by atoms with Crippen LogP contribution in [0.15, 0.2) is 65.7 Å². The van der Waals surface area contributed by atoms with Crippen molar-refractivity contribution in [3.63, 3.8) is 0 Å². The number of carbonyl (C=O) groups is 1. The molecule has 0 amide bonds. The fraction of sp³-hybridized carbons (Fsp3) is 0.100. The molecule has 3 rings (SSSR count). The van der Waals surface area contributed by atoms with Crippen LogP contribution in [-0.4, -0.2) is 22.4 Å². The van der Waals surface area contributed by atoms with E-state index < -0.39 is 5.56 Å². The third-order valence-electron chi connectivity index (χ3n) is 3.97. The number of aromatic nitrogens is 2. The minimum Gasteiger partial charge on any atom is -0.497 e. The van der Waals surface area contributed by atoms with Gasteiger partial charge in [-0.05, 0) is 48.5 Å². The Morgan fingerprint density at radius 2 is 1.96 bits per heavy atom. The largest absolute Gasteiger partial charge is 0.497 e. The first kappa shape index (κ1) is 17.1. The Kier molecular flexibility index (Phi) is 4.90. The molecule has 0 aliphatic heterocycles. The van der Waals surface area contributed by atoms with Gasteiger partial charge in [0.15, 0.2) is 5.78 Å². The van der Waals surface area contributed by atoms with Gasteiger partial charge in [-0.2, -0.15) is 5.26 Å². The van der Waals surface area contributed by atoms with Crippen molar-refractivity contribution in [2.75, 3.05) is 7.11 Å². The van der Waals surface area contributed by atoms with Crippen LogP contribution in [0.4, 0.5) is 0 Å². The summed E-state index contributed by atoms with van der Waals surface area (Å²) in [5.41, 5.74) is 1.16. The first-order chi connectivity index (χ1) is 12.6. The first-order valence-corrected chi connectivity index (χ1v) is 7.85. The van der Waals surface area contributed by atoms with E-state index in [2.05, 4.69) is 4.98 Å². The number of hydrogen-bond donors (Lipinski definition) is 0. The second kappa shape index (κ2) is 7.45. The Labute approximate surface area is 149 Å². The number of ketones is 1. The molecule has 2 aromatic heterocycles. The summed E-state index contributed by atoms with van der Waals surface area (Å²) in [7, 11) is 1.55. The summed E-state index contributed by atoms with van der Waals surface area (Å²) < 4.78 is 6.39. The van der Waals surface area contributed by atoms with Gasteiger partial charge in [0, 0.05) is 23.5 Å². The highest BCUT2D eigenvalue weighted by molar-refractivity contribution is 5.96. The maximum absolute atomic E-state index is 12.7. The van der Waals surface area contributed by atoms with Crippen LogP contribution in [0.25, 0.3) is 11.3 Å². The highest BCUT2D eigenvalue weighted by Crippen LogP contribution is 2.18. The fourth-order valence-electron chi connectivity index (χ4n) is 2.60. The Morgan fingerprint density at radius 1 is 1.19 bits per heavy atom. The summed E-state index contributed by atoms with van der Waals surface area (Å²) in [4.78, 5) is 29.3. The summed E-state index contributed by atoms with van der Waals surface area (Å²) in [6.07, 6.45) is 3.23. The Hall–Kier alpha value is -3.72. The maximum atomic E-state index is 12.7. The van der Waals surface area contributed by atoms with Gasteiger partial charge in [-0.25, -0.2) is 0 Å². The van der Waals surface area contributed by atoms with E-state index in [1.54, 1.807) is 62.0 Å². The van der Waals surface area contributed by atoms with Crippen LogP contribution in [-0.2, 0) is 6.54 Å². The van der Waals surface area contributed by atoms with Crippen molar-refractivity contribution in [3.8, 4) is 23.1 Å². The van der Waals surface area contributed by atoms with Crippen LogP contribution < -0.4 is 10.3 Å². The number of carbonyl (C=O) groups excluding carboxylic acids is 1. The predicted octanol–water partition coefficient (Wildman–Crippen LogP) is 2.67. The molecule has 128 valence electrons. The van der Waals surface area contributed by atoms with Gasteiger partial charge in [-0.15, -0.1) is 0 Å². The molecule has 0 unspecified atom stereocenters. The summed E-state index contributed by atoms with van der Waals surface area (Å²) in [5, 5.41) is 9.14. The molecule has 0 fully saturated rings. The molecular weight excluding hydrogens is 330 g/mol. The van der Waals surface area contributed by atoms with Gasteiger partial charge in [0.1, 0.15) is 17.4 Å². The zero-order valence-corrected chi connectivity index (χ0v) is 14.0. The van der Waals surface area contributed by atoms with Gasteiger partial charge in [-0.1, -0.05) is 0 Å². The molecule has 0 radical (unpaired) electrons. The van der Waals surface area contributed by atoms with Gasteiger partial charge >= 0.3 is 0 Å². The van der Waals surface area contributed by atoms with Crippen molar-refractivity contribution < 1.29 is 9.53 Å². The Balaban J connectivity index is 2.03. The van der Waals surface area contributed by atoms with Crippen molar-refractivity contribution in [2.24, 2.45) is 0 Å². The topological polar surface area (TPSA) is 85.0 Å². The molecule has 0 spiro atoms. The van der Waals surface area contributed by atoms with Crippen LogP contribution in [0, 0.1) is 11.3 Å². The van der Waals surface area contributed by atoms with Crippen molar-refractivity contribution in [1.29, 1.82) is 5.26 Å². The van der Waals surface area contributed by atoms with Crippen LogP contribution in [0.3, 0.4) is 0 Å². The normalized spacial score (nSPS) is 10.2. The number of methoxy groups -OCH3 is 1. The fourth-order valence-corrected chi connectivity index (χ4v) is 2.60. The highest BCUT2D eigenvalue weighted by Gasteiger charge is 2.15. The zero-order valence-electron chi connectivity index (χ0n) is 14.0. The number of ether oxygens (including phenoxy) is 1. The molecule has 3 aromatic rings. The standard InChI is InChI=1S/C20H15N3O3/c1-26-17-7-4-14(5-8-17)19(24)13-23-18(16-3-2-10-22-12-16)9-6-15(11-21)20(23)25/h2-10,12H,13H2,1H3. The van der Waals surface area contributed by atoms with Gasteiger partial charge in [0.25, 0.3) is 5.56 Å². The monoisotopic (exact) mass is 345 g/mol.